The number of phenolic OH excluding ortho intramolecular Hbond substituents is 1. The third-order valence-corrected chi connectivity index (χ3v) is 6.88. The summed E-state index contributed by atoms with van der Waals surface area (Å²) in [7, 11) is -4.17. The molecule has 10 nitrogen and oxygen atoms in total. The van der Waals surface area contributed by atoms with E-state index in [0.717, 1.165) is 6.07 Å². The van der Waals surface area contributed by atoms with Gasteiger partial charge in [0.25, 0.3) is 0 Å². The van der Waals surface area contributed by atoms with Crippen molar-refractivity contribution in [2.24, 2.45) is 0 Å². The van der Waals surface area contributed by atoms with Gasteiger partial charge in [-0.2, -0.15) is 4.31 Å². The van der Waals surface area contributed by atoms with Gasteiger partial charge in [-0.15, -0.1) is 0 Å². The average Bonchev–Trinajstić information content (AvgIpc) is 2.78. The number of piperazine rings is 1. The van der Waals surface area contributed by atoms with E-state index in [-0.39, 0.29) is 53.9 Å². The Kier molecular flexibility index (Phi) is 9.33. The predicted octanol–water partition coefficient (Wildman–Crippen LogP) is 4.46. The number of sulfonamides is 1. The van der Waals surface area contributed by atoms with Crippen LogP contribution in [0, 0.1) is 6.92 Å². The average molecular weight is 523 g/mol. The Morgan fingerprint density at radius 1 is 0.972 bits per heavy atom. The molecule has 2 N–H and O–H groups in total. The third-order valence-electron chi connectivity index (χ3n) is 4.96. The van der Waals surface area contributed by atoms with Gasteiger partial charge >= 0.3 is 12.1 Å². The molecule has 1 fully saturated rings. The number of aryl methyl sites for hydroxylation is 1. The molecule has 3 rings (SSSR count). The smallest absolute Gasteiger partial charge is 0.410 e. The van der Waals surface area contributed by atoms with Crippen LogP contribution in [0.2, 0.25) is 0 Å². The van der Waals surface area contributed by atoms with Crippen molar-refractivity contribution in [2.45, 2.75) is 52.0 Å². The maximum Gasteiger partial charge on any atom is 0.410 e. The molecule has 1 saturated heterocycles. The van der Waals surface area contributed by atoms with E-state index in [1.807, 2.05) is 13.8 Å². The summed E-state index contributed by atoms with van der Waals surface area (Å²) in [5.41, 5.74) is -0.196. The lowest BCUT2D eigenvalue weighted by molar-refractivity contribution is 0.0192. The first-order valence-electron chi connectivity index (χ1n) is 11.6. The highest BCUT2D eigenvalue weighted by atomic mass is 32.2. The van der Waals surface area contributed by atoms with E-state index < -0.39 is 27.7 Å². The third kappa shape index (κ3) is 7.34. The van der Waals surface area contributed by atoms with Crippen LogP contribution >= 0.6 is 0 Å². The number of carboxylic acids is 1. The molecule has 0 aliphatic carbocycles. The van der Waals surface area contributed by atoms with Crippen molar-refractivity contribution in [1.29, 1.82) is 0 Å². The van der Waals surface area contributed by atoms with Gasteiger partial charge in [0.05, 0.1) is 5.56 Å². The zero-order chi connectivity index (χ0) is 27.3. The molecule has 0 saturated carbocycles. The van der Waals surface area contributed by atoms with Crippen molar-refractivity contribution in [3.63, 3.8) is 0 Å². The number of aromatic hydroxyl groups is 1. The van der Waals surface area contributed by atoms with Crippen LogP contribution in [0.1, 0.15) is 50.5 Å². The minimum Gasteiger partial charge on any atom is -0.508 e. The van der Waals surface area contributed by atoms with Gasteiger partial charge in [0.2, 0.25) is 10.0 Å². The zero-order valence-electron chi connectivity index (χ0n) is 21.4. The number of aromatic carboxylic acids is 1. The second-order valence-electron chi connectivity index (χ2n) is 8.94. The van der Waals surface area contributed by atoms with Gasteiger partial charge in [0.1, 0.15) is 27.7 Å². The molecular formula is C25H34N2O8S. The Bertz CT molecular complexity index is 1180. The van der Waals surface area contributed by atoms with Gasteiger partial charge in [-0.05, 0) is 63.6 Å². The number of phenols is 1. The zero-order valence-corrected chi connectivity index (χ0v) is 22.3. The summed E-state index contributed by atoms with van der Waals surface area (Å²) < 4.78 is 39.2. The van der Waals surface area contributed by atoms with E-state index in [2.05, 4.69) is 0 Å². The fourth-order valence-electron chi connectivity index (χ4n) is 3.42. The second-order valence-corrected chi connectivity index (χ2v) is 10.9. The topological polar surface area (TPSA) is 134 Å². The normalized spacial score (nSPS) is 14.4. The number of carbonyl (C=O) groups is 2. The van der Waals surface area contributed by atoms with Crippen LogP contribution in [-0.4, -0.2) is 71.7 Å². The molecule has 2 aromatic carbocycles. The fourth-order valence-corrected chi connectivity index (χ4v) is 4.98. The van der Waals surface area contributed by atoms with Gasteiger partial charge in [-0.3, -0.25) is 0 Å². The summed E-state index contributed by atoms with van der Waals surface area (Å²) in [6.07, 6.45) is -0.527. The number of hydrogen-bond donors (Lipinski definition) is 2. The Morgan fingerprint density at radius 3 is 2.11 bits per heavy atom. The SMILES string of the molecule is CC.Cc1cc(O)cc(Oc2ccc(C(=O)O)cc2S(=O)(=O)N2CCN(C(=O)OC(C)(C)C)CC2)c1. The largest absolute Gasteiger partial charge is 0.508 e. The Labute approximate surface area is 212 Å². The highest BCUT2D eigenvalue weighted by Gasteiger charge is 2.34. The lowest BCUT2D eigenvalue weighted by Crippen LogP contribution is -2.51. The van der Waals surface area contributed by atoms with Crippen molar-refractivity contribution in [3.05, 3.63) is 47.5 Å². The van der Waals surface area contributed by atoms with Gasteiger partial charge in [0, 0.05) is 32.2 Å². The van der Waals surface area contributed by atoms with Crippen molar-refractivity contribution >= 4 is 22.1 Å². The Hall–Kier alpha value is -3.31. The van der Waals surface area contributed by atoms with Crippen molar-refractivity contribution in [1.82, 2.24) is 9.21 Å². The molecule has 198 valence electrons. The lowest BCUT2D eigenvalue weighted by atomic mass is 10.2. The number of rotatable bonds is 5. The molecule has 0 aromatic heterocycles. The molecule has 1 heterocycles. The Balaban J connectivity index is 0.00000222. The van der Waals surface area contributed by atoms with Gasteiger partial charge < -0.3 is 24.6 Å². The summed E-state index contributed by atoms with van der Waals surface area (Å²) in [6.45, 7) is 11.2. The monoisotopic (exact) mass is 522 g/mol. The molecule has 0 bridgehead atoms. The first-order valence-corrected chi connectivity index (χ1v) is 13.0. The number of carboxylic acid groups (broad SMARTS) is 1. The summed E-state index contributed by atoms with van der Waals surface area (Å²) >= 11 is 0. The molecule has 1 aliphatic rings. The summed E-state index contributed by atoms with van der Waals surface area (Å²) in [4.78, 5) is 24.9. The van der Waals surface area contributed by atoms with Gasteiger partial charge in [-0.1, -0.05) is 13.8 Å². The second kappa shape index (κ2) is 11.6. The summed E-state index contributed by atoms with van der Waals surface area (Å²) in [5.74, 6) is -1.22. The van der Waals surface area contributed by atoms with Crippen LogP contribution in [0.5, 0.6) is 17.2 Å². The van der Waals surface area contributed by atoms with Crippen molar-refractivity contribution in [3.8, 4) is 17.2 Å². The molecule has 36 heavy (non-hydrogen) atoms. The molecule has 0 atom stereocenters. The number of hydrogen-bond acceptors (Lipinski definition) is 7. The lowest BCUT2D eigenvalue weighted by Gasteiger charge is -2.35. The summed E-state index contributed by atoms with van der Waals surface area (Å²) in [6, 6.07) is 8.01. The van der Waals surface area contributed by atoms with Crippen LogP contribution in [0.25, 0.3) is 0 Å². The van der Waals surface area contributed by atoms with Crippen LogP contribution in [0.3, 0.4) is 0 Å². The quantitative estimate of drug-likeness (QED) is 0.588. The number of benzene rings is 2. The molecule has 0 unspecified atom stereocenters. The van der Waals surface area contributed by atoms with Crippen LogP contribution < -0.4 is 4.74 Å². The minimum atomic E-state index is -4.17. The Morgan fingerprint density at radius 2 is 1.58 bits per heavy atom. The first kappa shape index (κ1) is 28.9. The minimum absolute atomic E-state index is 0.00352. The maximum atomic E-state index is 13.5. The molecule has 11 heteroatoms. The van der Waals surface area contributed by atoms with Crippen LogP contribution in [0.15, 0.2) is 41.3 Å². The molecular weight excluding hydrogens is 488 g/mol. The molecule has 1 aliphatic heterocycles. The molecule has 1 amide bonds. The van der Waals surface area contributed by atoms with Crippen LogP contribution in [-0.2, 0) is 14.8 Å². The number of amides is 1. The van der Waals surface area contributed by atoms with Gasteiger partial charge in [-0.25, -0.2) is 18.0 Å². The first-order chi connectivity index (χ1) is 16.8. The fraction of sp³-hybridized carbons (Fsp3) is 0.440. The van der Waals surface area contributed by atoms with Gasteiger partial charge in [0.15, 0.2) is 0 Å². The predicted molar refractivity (Wildman–Crippen MR) is 134 cm³/mol. The highest BCUT2D eigenvalue weighted by Crippen LogP contribution is 2.34. The number of carbonyl (C=O) groups excluding carboxylic acids is 1. The number of nitrogens with zero attached hydrogens (tertiary/aromatic N) is 2. The number of ether oxygens (including phenoxy) is 2. The van der Waals surface area contributed by atoms with E-state index in [1.54, 1.807) is 33.8 Å². The van der Waals surface area contributed by atoms with E-state index in [4.69, 9.17) is 9.47 Å². The molecule has 0 radical (unpaired) electrons. The standard InChI is InChI=1S/C23H28N2O8S.C2H6/c1-15-11-17(26)14-18(12-15)32-19-6-5-16(21(27)28)13-20(19)34(30,31)25-9-7-24(8-10-25)22(29)33-23(2,3)4;1-2/h5-6,11-14,26H,7-10H2,1-4H3,(H,27,28);1-2H3. The molecule has 0 spiro atoms. The van der Waals surface area contributed by atoms with Crippen molar-refractivity contribution in [2.75, 3.05) is 26.2 Å². The van der Waals surface area contributed by atoms with Crippen LogP contribution in [0.4, 0.5) is 4.79 Å². The van der Waals surface area contributed by atoms with E-state index in [1.165, 1.54) is 33.5 Å². The van der Waals surface area contributed by atoms with E-state index >= 15 is 0 Å². The summed E-state index contributed by atoms with van der Waals surface area (Å²) in [5, 5.41) is 19.2. The molecule has 2 aromatic rings. The van der Waals surface area contributed by atoms with E-state index in [0.29, 0.717) is 5.56 Å². The van der Waals surface area contributed by atoms with E-state index in [9.17, 15) is 28.2 Å². The van der Waals surface area contributed by atoms with Crippen molar-refractivity contribution < 1.29 is 37.7 Å². The maximum absolute atomic E-state index is 13.5. The highest BCUT2D eigenvalue weighted by molar-refractivity contribution is 7.89.